The number of benzene rings is 1. The molecule has 3 N–H and O–H groups in total. The highest BCUT2D eigenvalue weighted by Crippen LogP contribution is 2.34. The molecule has 0 saturated heterocycles. The zero-order chi connectivity index (χ0) is 23.5. The average Bonchev–Trinajstić information content (AvgIpc) is 3.04. The van der Waals surface area contributed by atoms with E-state index in [0.29, 0.717) is 28.1 Å². The number of carbonyl (C=O) groups is 1. The number of aryl methyl sites for hydroxylation is 1. The lowest BCUT2D eigenvalue weighted by Crippen LogP contribution is -2.17. The molecule has 2 rings (SSSR count). The lowest BCUT2D eigenvalue weighted by molar-refractivity contribution is 0.0769. The molecular formula is C22H29FN4O3S. The van der Waals surface area contributed by atoms with Crippen molar-refractivity contribution in [1.82, 2.24) is 4.72 Å². The third-order valence-corrected chi connectivity index (χ3v) is 5.92. The van der Waals surface area contributed by atoms with Gasteiger partial charge in [-0.25, -0.2) is 9.18 Å². The van der Waals surface area contributed by atoms with E-state index in [0.717, 1.165) is 0 Å². The molecule has 31 heavy (non-hydrogen) atoms. The molecule has 0 saturated carbocycles. The van der Waals surface area contributed by atoms with Gasteiger partial charge in [-0.05, 0) is 61.9 Å². The molecule has 1 aromatic heterocycles. The second-order valence-electron chi connectivity index (χ2n) is 8.38. The molecule has 0 aliphatic rings. The van der Waals surface area contributed by atoms with Crippen LogP contribution in [0, 0.1) is 24.2 Å². The van der Waals surface area contributed by atoms with Gasteiger partial charge in [0.05, 0.1) is 16.5 Å². The van der Waals surface area contributed by atoms with Crippen LogP contribution >= 0.6 is 0 Å². The molecule has 1 unspecified atom stereocenters. The number of urea groups is 1. The third-order valence-electron chi connectivity index (χ3n) is 4.70. The van der Waals surface area contributed by atoms with Gasteiger partial charge < -0.3 is 14.8 Å². The topological polar surface area (TPSA) is 111 Å². The molecule has 9 heteroatoms. The predicted molar refractivity (Wildman–Crippen MR) is 119 cm³/mol. The summed E-state index contributed by atoms with van der Waals surface area (Å²) in [6.07, 6.45) is 1.79. The Labute approximate surface area is 184 Å². The van der Waals surface area contributed by atoms with E-state index >= 15 is 0 Å². The molecule has 0 aliphatic heterocycles. The van der Waals surface area contributed by atoms with Gasteiger partial charge in [0.15, 0.2) is 11.3 Å². The van der Waals surface area contributed by atoms with Crippen LogP contribution in [0.25, 0.3) is 0 Å². The first kappa shape index (κ1) is 24.6. The van der Waals surface area contributed by atoms with Gasteiger partial charge in [0.25, 0.3) is 0 Å². The Bertz CT molecular complexity index is 1020. The van der Waals surface area contributed by atoms with E-state index < -0.39 is 22.5 Å². The van der Waals surface area contributed by atoms with Crippen molar-refractivity contribution in [3.05, 3.63) is 46.5 Å². The van der Waals surface area contributed by atoms with Gasteiger partial charge in [-0.1, -0.05) is 27.7 Å². The van der Waals surface area contributed by atoms with Crippen LogP contribution in [0.5, 0.6) is 0 Å². The number of rotatable bonds is 6. The summed E-state index contributed by atoms with van der Waals surface area (Å²) in [6.45, 7) is 12.6. The molecule has 2 amide bonds. The van der Waals surface area contributed by atoms with Crippen molar-refractivity contribution in [3.63, 3.8) is 0 Å². The van der Waals surface area contributed by atoms with Crippen LogP contribution in [0.2, 0.25) is 0 Å². The van der Waals surface area contributed by atoms with E-state index in [1.165, 1.54) is 12.1 Å². The maximum absolute atomic E-state index is 14.1. The van der Waals surface area contributed by atoms with Gasteiger partial charge in [0.1, 0.15) is 11.6 Å². The number of nitriles is 1. The number of nitrogens with one attached hydrogen (secondary N) is 2. The minimum atomic E-state index is -1.40. The van der Waals surface area contributed by atoms with E-state index in [1.807, 2.05) is 27.7 Å². The van der Waals surface area contributed by atoms with Gasteiger partial charge in [0.2, 0.25) is 0 Å². The lowest BCUT2D eigenvalue weighted by atomic mass is 9.92. The summed E-state index contributed by atoms with van der Waals surface area (Å²) in [7, 11) is -1.40. The molecule has 0 aliphatic carbocycles. The monoisotopic (exact) mass is 448 g/mol. The second kappa shape index (κ2) is 9.62. The van der Waals surface area contributed by atoms with Crippen molar-refractivity contribution in [2.24, 2.45) is 4.36 Å². The normalized spacial score (nSPS) is 12.8. The number of halogens is 1. The van der Waals surface area contributed by atoms with E-state index in [9.17, 15) is 14.3 Å². The van der Waals surface area contributed by atoms with Crippen LogP contribution in [-0.4, -0.2) is 11.1 Å². The Morgan fingerprint density at radius 1 is 1.23 bits per heavy atom. The number of nitrogens with zero attached hydrogens (tertiary/aromatic N) is 2. The summed E-state index contributed by atoms with van der Waals surface area (Å²) in [5, 5.41) is 22.4. The Morgan fingerprint density at radius 2 is 1.77 bits per heavy atom. The van der Waals surface area contributed by atoms with Crippen molar-refractivity contribution >= 4 is 22.6 Å². The Kier molecular flexibility index (Phi) is 7.63. The minimum Gasteiger partial charge on any atom is -0.452 e. The Balaban J connectivity index is 2.48. The maximum atomic E-state index is 14.1. The number of amides is 2. The highest BCUT2D eigenvalue weighted by Gasteiger charge is 2.24. The van der Waals surface area contributed by atoms with Gasteiger partial charge >= 0.3 is 6.03 Å². The molecule has 168 valence electrons. The molecule has 0 radical (unpaired) electrons. The van der Waals surface area contributed by atoms with Crippen LogP contribution in [0.3, 0.4) is 0 Å². The number of hydrogen-bond acceptors (Lipinski definition) is 4. The summed E-state index contributed by atoms with van der Waals surface area (Å²) in [4.78, 5) is 12.8. The molecule has 0 spiro atoms. The molecule has 1 atom stereocenters. The summed E-state index contributed by atoms with van der Waals surface area (Å²) in [5.74, 6) is 0.0543. The van der Waals surface area contributed by atoms with E-state index in [-0.39, 0.29) is 22.7 Å². The summed E-state index contributed by atoms with van der Waals surface area (Å²) >= 11 is 0. The van der Waals surface area contributed by atoms with E-state index in [2.05, 4.69) is 14.4 Å². The van der Waals surface area contributed by atoms with Gasteiger partial charge in [-0.2, -0.15) is 5.26 Å². The Hall–Kier alpha value is -2.70. The van der Waals surface area contributed by atoms with Crippen molar-refractivity contribution in [3.8, 4) is 6.19 Å². The fourth-order valence-electron chi connectivity index (χ4n) is 3.24. The smallest absolute Gasteiger partial charge is 0.353 e. The zero-order valence-corrected chi connectivity index (χ0v) is 19.6. The van der Waals surface area contributed by atoms with Crippen molar-refractivity contribution < 1.29 is 18.7 Å². The number of aliphatic hydroxyl groups is 1. The first-order chi connectivity index (χ1) is 14.3. The van der Waals surface area contributed by atoms with Crippen LogP contribution in [0.15, 0.2) is 32.1 Å². The standard InChI is InChI=1S/C22H29FN4O3S/c1-12(2)16-8-15(23)9-17(13(3)4)20(16)26-21(28)27-31(25-11-24)19-10-18(14(5)30-19)22(6,7)29/h8-10,12-13,29H,1-7H3,(H2,25,26,27,28). The number of furan rings is 1. The lowest BCUT2D eigenvalue weighted by Gasteiger charge is -2.19. The van der Waals surface area contributed by atoms with Crippen LogP contribution < -0.4 is 10.0 Å². The molecule has 7 nitrogen and oxygen atoms in total. The fourth-order valence-corrected chi connectivity index (χ4v) is 4.20. The summed E-state index contributed by atoms with van der Waals surface area (Å²) in [5.41, 5.74) is 1.24. The molecule has 0 fully saturated rings. The highest BCUT2D eigenvalue weighted by molar-refractivity contribution is 7.85. The van der Waals surface area contributed by atoms with E-state index in [4.69, 9.17) is 9.68 Å². The number of hydrogen-bond donors (Lipinski definition) is 3. The van der Waals surface area contributed by atoms with E-state index in [1.54, 1.807) is 33.0 Å². The van der Waals surface area contributed by atoms with Crippen molar-refractivity contribution in [1.29, 1.82) is 5.26 Å². The molecule has 0 bridgehead atoms. The summed E-state index contributed by atoms with van der Waals surface area (Å²) < 4.78 is 26.3. The highest BCUT2D eigenvalue weighted by atomic mass is 32.2. The first-order valence-corrected chi connectivity index (χ1v) is 11.1. The minimum absolute atomic E-state index is 0.0268. The first-order valence-electron chi connectivity index (χ1n) is 9.93. The number of anilines is 1. The van der Waals surface area contributed by atoms with Gasteiger partial charge in [-0.3, -0.25) is 4.72 Å². The van der Waals surface area contributed by atoms with Crippen molar-refractivity contribution in [2.75, 3.05) is 5.32 Å². The quantitative estimate of drug-likeness (QED) is 0.395. The van der Waals surface area contributed by atoms with Crippen LogP contribution in [-0.2, 0) is 16.5 Å². The molecule has 1 heterocycles. The largest absolute Gasteiger partial charge is 0.452 e. The van der Waals surface area contributed by atoms with Crippen molar-refractivity contribution in [2.45, 2.75) is 71.0 Å². The molecule has 2 aromatic rings. The summed E-state index contributed by atoms with van der Waals surface area (Å²) in [6, 6.07) is 3.70. The Morgan fingerprint density at radius 3 is 2.19 bits per heavy atom. The molecular weight excluding hydrogens is 419 g/mol. The average molecular weight is 449 g/mol. The van der Waals surface area contributed by atoms with Crippen LogP contribution in [0.1, 0.15) is 75.8 Å². The molecule has 1 aromatic carbocycles. The fraction of sp³-hybridized carbons (Fsp3) is 0.455. The second-order valence-corrected chi connectivity index (χ2v) is 9.74. The van der Waals surface area contributed by atoms with Gasteiger partial charge in [-0.15, -0.1) is 4.36 Å². The third kappa shape index (κ3) is 5.93. The maximum Gasteiger partial charge on any atom is 0.353 e. The SMILES string of the molecule is Cc1oc(/S(=N/C(=O)Nc2c(C(C)C)cc(F)cc2C(C)C)NC#N)cc1C(C)(C)O. The predicted octanol–water partition coefficient (Wildman–Crippen LogP) is 5.58. The van der Waals surface area contributed by atoms with Gasteiger partial charge in [0, 0.05) is 11.3 Å². The zero-order valence-electron chi connectivity index (χ0n) is 18.8. The number of carbonyl (C=O) groups excluding carboxylic acids is 1. The van der Waals surface area contributed by atoms with Crippen LogP contribution in [0.4, 0.5) is 14.9 Å².